The molecule has 8 heteroatoms. The van der Waals surface area contributed by atoms with Crippen molar-refractivity contribution in [1.29, 1.82) is 0 Å². The average molecular weight is 598 g/mol. The minimum absolute atomic E-state index is 0.0763. The maximum Gasteiger partial charge on any atom is 0.316 e. The number of hydrogen-bond donors (Lipinski definition) is 4. The van der Waals surface area contributed by atoms with Crippen LogP contribution in [-0.4, -0.2) is 36.9 Å². The van der Waals surface area contributed by atoms with Gasteiger partial charge in [-0.2, -0.15) is 0 Å². The highest BCUT2D eigenvalue weighted by Crippen LogP contribution is 2.25. The minimum Gasteiger partial charge on any atom is -0.508 e. The maximum atomic E-state index is 12.0. The topological polar surface area (TPSA) is 109 Å². The number of phenolic OH excluding ortho intramolecular Hbond substituents is 1. The Morgan fingerprint density at radius 1 is 0.605 bits per heavy atom. The van der Waals surface area contributed by atoms with Gasteiger partial charge in [-0.15, -0.1) is 0 Å². The van der Waals surface area contributed by atoms with Crippen LogP contribution in [0.4, 0.5) is 4.79 Å². The molecule has 2 aromatic carbocycles. The molecule has 2 rings (SSSR count). The predicted molar refractivity (Wildman–Crippen MR) is 174 cm³/mol. The molecule has 240 valence electrons. The van der Waals surface area contributed by atoms with Crippen molar-refractivity contribution in [2.75, 3.05) is 19.8 Å². The molecular weight excluding hydrogens is 542 g/mol. The van der Waals surface area contributed by atoms with E-state index >= 15 is 0 Å². The first-order valence-electron chi connectivity index (χ1n) is 16.5. The molecule has 0 heterocycles. The number of unbranched alkanes of at least 4 members (excludes halogenated alkanes) is 15. The van der Waals surface area contributed by atoms with E-state index in [0.717, 1.165) is 12.8 Å². The van der Waals surface area contributed by atoms with Gasteiger partial charge >= 0.3 is 6.03 Å². The summed E-state index contributed by atoms with van der Waals surface area (Å²) in [5, 5.41) is 17.5. The Hall–Kier alpha value is -3.42. The van der Waals surface area contributed by atoms with Crippen molar-refractivity contribution in [2.45, 2.75) is 116 Å². The van der Waals surface area contributed by atoms with Crippen LogP contribution in [0.5, 0.6) is 23.0 Å². The zero-order valence-corrected chi connectivity index (χ0v) is 26.3. The monoisotopic (exact) mass is 597 g/mol. The molecule has 0 saturated carbocycles. The smallest absolute Gasteiger partial charge is 0.316 e. The van der Waals surface area contributed by atoms with Crippen LogP contribution >= 0.6 is 0 Å². The van der Waals surface area contributed by atoms with Crippen LogP contribution in [0.3, 0.4) is 0 Å². The SMILES string of the molecule is CCCCCCCCCCCCCCCCCCNC(=O)NCNC(=O)CCOc1ccc(Oc2ccc(O)cc2)cc1. The van der Waals surface area contributed by atoms with Crippen molar-refractivity contribution in [2.24, 2.45) is 0 Å². The summed E-state index contributed by atoms with van der Waals surface area (Å²) in [5.74, 6) is 1.85. The fourth-order valence-electron chi connectivity index (χ4n) is 4.76. The number of benzene rings is 2. The predicted octanol–water partition coefficient (Wildman–Crippen LogP) is 8.59. The first kappa shape index (κ1) is 35.8. The quantitative estimate of drug-likeness (QED) is 0.0677. The summed E-state index contributed by atoms with van der Waals surface area (Å²) in [6.07, 6.45) is 21.4. The van der Waals surface area contributed by atoms with E-state index in [1.807, 2.05) is 0 Å². The molecule has 0 bridgehead atoms. The van der Waals surface area contributed by atoms with E-state index in [-0.39, 0.29) is 37.4 Å². The summed E-state index contributed by atoms with van der Waals surface area (Å²) in [4.78, 5) is 23.9. The molecule has 0 unspecified atom stereocenters. The zero-order valence-electron chi connectivity index (χ0n) is 26.3. The molecule has 0 spiro atoms. The Morgan fingerprint density at radius 2 is 1.07 bits per heavy atom. The summed E-state index contributed by atoms with van der Waals surface area (Å²) in [6.45, 7) is 3.21. The molecule has 0 radical (unpaired) electrons. The van der Waals surface area contributed by atoms with E-state index in [4.69, 9.17) is 9.47 Å². The first-order chi connectivity index (χ1) is 21.1. The number of ether oxygens (including phenoxy) is 2. The molecule has 0 atom stereocenters. The molecule has 0 aliphatic heterocycles. The van der Waals surface area contributed by atoms with E-state index in [9.17, 15) is 14.7 Å². The first-order valence-corrected chi connectivity index (χ1v) is 16.5. The van der Waals surface area contributed by atoms with Gasteiger partial charge < -0.3 is 30.5 Å². The van der Waals surface area contributed by atoms with E-state index in [1.54, 1.807) is 48.5 Å². The van der Waals surface area contributed by atoms with Crippen molar-refractivity contribution < 1.29 is 24.2 Å². The van der Waals surface area contributed by atoms with Crippen molar-refractivity contribution in [3.05, 3.63) is 48.5 Å². The molecule has 2 aromatic rings. The fourth-order valence-corrected chi connectivity index (χ4v) is 4.76. The van der Waals surface area contributed by atoms with E-state index in [1.165, 1.54) is 89.9 Å². The van der Waals surface area contributed by atoms with Crippen LogP contribution < -0.4 is 25.4 Å². The third-order valence-corrected chi connectivity index (χ3v) is 7.34. The number of carbonyl (C=O) groups excluding carboxylic acids is 2. The summed E-state index contributed by atoms with van der Waals surface area (Å²) < 4.78 is 11.3. The van der Waals surface area contributed by atoms with E-state index in [0.29, 0.717) is 23.8 Å². The molecular formula is C35H55N3O5. The average Bonchev–Trinajstić information content (AvgIpc) is 3.00. The van der Waals surface area contributed by atoms with Gasteiger partial charge in [0.1, 0.15) is 23.0 Å². The van der Waals surface area contributed by atoms with Crippen molar-refractivity contribution in [1.82, 2.24) is 16.0 Å². The molecule has 8 nitrogen and oxygen atoms in total. The molecule has 0 fully saturated rings. The molecule has 4 N–H and O–H groups in total. The molecule has 0 aliphatic rings. The standard InChI is InChI=1S/C35H55N3O5/c1-2-3-4-5-6-7-8-9-10-11-12-13-14-15-16-17-27-36-35(41)38-29-37-34(40)26-28-42-31-22-24-33(25-23-31)43-32-20-18-30(39)19-21-32/h18-25,39H,2-17,26-29H2,1H3,(H,37,40)(H2,36,38,41). The van der Waals surface area contributed by atoms with Gasteiger partial charge in [-0.25, -0.2) is 4.79 Å². The fraction of sp³-hybridized carbons (Fsp3) is 0.600. The molecule has 43 heavy (non-hydrogen) atoms. The lowest BCUT2D eigenvalue weighted by Crippen LogP contribution is -2.43. The van der Waals surface area contributed by atoms with Crippen LogP contribution in [-0.2, 0) is 4.79 Å². The number of hydrogen-bond acceptors (Lipinski definition) is 5. The zero-order chi connectivity index (χ0) is 30.8. The largest absolute Gasteiger partial charge is 0.508 e. The number of carbonyl (C=O) groups is 2. The van der Waals surface area contributed by atoms with Gasteiger partial charge in [0.15, 0.2) is 0 Å². The summed E-state index contributed by atoms with van der Waals surface area (Å²) in [6, 6.07) is 13.3. The lowest BCUT2D eigenvalue weighted by Gasteiger charge is -2.10. The van der Waals surface area contributed by atoms with Crippen molar-refractivity contribution >= 4 is 11.9 Å². The van der Waals surface area contributed by atoms with Crippen LogP contribution in [0.15, 0.2) is 48.5 Å². The second kappa shape index (κ2) is 24.1. The summed E-state index contributed by atoms with van der Waals surface area (Å²) in [5.41, 5.74) is 0. The van der Waals surface area contributed by atoms with Gasteiger partial charge in [-0.1, -0.05) is 103 Å². The highest BCUT2D eigenvalue weighted by atomic mass is 16.5. The van der Waals surface area contributed by atoms with Crippen LogP contribution in [0.2, 0.25) is 0 Å². The number of rotatable bonds is 25. The number of nitrogens with one attached hydrogen (secondary N) is 3. The molecule has 0 saturated heterocycles. The van der Waals surface area contributed by atoms with Crippen LogP contribution in [0.1, 0.15) is 116 Å². The number of amides is 3. The van der Waals surface area contributed by atoms with Gasteiger partial charge in [-0.3, -0.25) is 4.79 Å². The second-order valence-electron chi connectivity index (χ2n) is 11.2. The maximum absolute atomic E-state index is 12.0. The van der Waals surface area contributed by atoms with Crippen molar-refractivity contribution in [3.63, 3.8) is 0 Å². The molecule has 0 aliphatic carbocycles. The normalized spacial score (nSPS) is 10.7. The number of urea groups is 1. The Bertz CT molecular complexity index is 982. The van der Waals surface area contributed by atoms with Gasteiger partial charge in [-0.05, 0) is 55.0 Å². The lowest BCUT2D eigenvalue weighted by molar-refractivity contribution is -0.121. The summed E-state index contributed by atoms with van der Waals surface area (Å²) in [7, 11) is 0. The lowest BCUT2D eigenvalue weighted by atomic mass is 10.0. The Labute approximate surface area is 259 Å². The Balaban J connectivity index is 1.34. The van der Waals surface area contributed by atoms with Crippen LogP contribution in [0.25, 0.3) is 0 Å². The van der Waals surface area contributed by atoms with Crippen molar-refractivity contribution in [3.8, 4) is 23.0 Å². The molecule has 0 aromatic heterocycles. The highest BCUT2D eigenvalue weighted by molar-refractivity contribution is 5.77. The third kappa shape index (κ3) is 19.4. The van der Waals surface area contributed by atoms with Gasteiger partial charge in [0.25, 0.3) is 0 Å². The number of aromatic hydroxyl groups is 1. The highest BCUT2D eigenvalue weighted by Gasteiger charge is 2.05. The van der Waals surface area contributed by atoms with Gasteiger partial charge in [0, 0.05) is 6.54 Å². The van der Waals surface area contributed by atoms with E-state index in [2.05, 4.69) is 22.9 Å². The number of phenols is 1. The third-order valence-electron chi connectivity index (χ3n) is 7.34. The van der Waals surface area contributed by atoms with E-state index < -0.39 is 0 Å². The minimum atomic E-state index is -0.271. The molecule has 3 amide bonds. The van der Waals surface area contributed by atoms with Crippen LogP contribution in [0, 0.1) is 0 Å². The van der Waals surface area contributed by atoms with Gasteiger partial charge in [0.05, 0.1) is 19.7 Å². The Morgan fingerprint density at radius 3 is 1.60 bits per heavy atom. The Kier molecular flexibility index (Phi) is 20.0. The second-order valence-corrected chi connectivity index (χ2v) is 11.2. The van der Waals surface area contributed by atoms with Gasteiger partial charge in [0.2, 0.25) is 5.91 Å². The summed E-state index contributed by atoms with van der Waals surface area (Å²) >= 11 is 0.